The molecule has 2 heterocycles. The second kappa shape index (κ2) is 8.30. The molecule has 1 saturated heterocycles. The lowest BCUT2D eigenvalue weighted by Crippen LogP contribution is -2.47. The van der Waals surface area contributed by atoms with Crippen molar-refractivity contribution in [1.29, 1.82) is 0 Å². The van der Waals surface area contributed by atoms with Crippen molar-refractivity contribution in [2.24, 2.45) is 0 Å². The summed E-state index contributed by atoms with van der Waals surface area (Å²) in [4.78, 5) is 20.5. The average molecular weight is 319 g/mol. The van der Waals surface area contributed by atoms with Crippen LogP contribution in [0, 0.1) is 12.3 Å². The van der Waals surface area contributed by atoms with Crippen LogP contribution in [0.1, 0.15) is 50.1 Å². The number of nitrogens with one attached hydrogen (secondary N) is 1. The number of rotatable bonds is 6. The van der Waals surface area contributed by atoms with Gasteiger partial charge in [-0.2, -0.15) is 0 Å². The molecule has 2 rings (SSSR count). The van der Waals surface area contributed by atoms with Crippen LogP contribution in [0.3, 0.4) is 0 Å². The Hall–Kier alpha value is -1.38. The molecule has 1 aliphatic heterocycles. The molecular weight excluding hydrogens is 294 g/mol. The van der Waals surface area contributed by atoms with Crippen LogP contribution in [0.25, 0.3) is 0 Å². The maximum absolute atomic E-state index is 12.6. The van der Waals surface area contributed by atoms with Gasteiger partial charge >= 0.3 is 0 Å². The summed E-state index contributed by atoms with van der Waals surface area (Å²) in [6.07, 6.45) is 11.5. The van der Waals surface area contributed by atoms with E-state index in [1.54, 1.807) is 11.3 Å². The Morgan fingerprint density at radius 2 is 2.32 bits per heavy atom. The van der Waals surface area contributed by atoms with Crippen molar-refractivity contribution in [1.82, 2.24) is 9.88 Å². The molecule has 1 atom stereocenters. The molecule has 120 valence electrons. The van der Waals surface area contributed by atoms with Crippen LogP contribution in [0.15, 0.2) is 0 Å². The molecule has 1 amide bonds. The number of carbonyl (C=O) groups is 1. The van der Waals surface area contributed by atoms with Gasteiger partial charge in [0.15, 0.2) is 5.13 Å². The molecule has 0 radical (unpaired) electrons. The van der Waals surface area contributed by atoms with Gasteiger partial charge in [-0.3, -0.25) is 9.69 Å². The monoisotopic (exact) mass is 319 g/mol. The predicted octanol–water partition coefficient (Wildman–Crippen LogP) is 3.08. The summed E-state index contributed by atoms with van der Waals surface area (Å²) in [5.74, 6) is 2.69. The average Bonchev–Trinajstić information content (AvgIpc) is 2.90. The molecule has 1 aliphatic rings. The van der Waals surface area contributed by atoms with Crippen molar-refractivity contribution in [2.45, 2.75) is 58.4 Å². The Bertz CT molecular complexity index is 547. The number of hydrogen-bond donors (Lipinski definition) is 1. The second-order valence-corrected chi connectivity index (χ2v) is 6.75. The lowest BCUT2D eigenvalue weighted by Gasteiger charge is -2.32. The van der Waals surface area contributed by atoms with E-state index in [-0.39, 0.29) is 11.9 Å². The molecule has 1 aromatic heterocycles. The number of hydrogen-bond acceptors (Lipinski definition) is 4. The minimum absolute atomic E-state index is 0.0365. The second-order valence-electron chi connectivity index (χ2n) is 5.67. The van der Waals surface area contributed by atoms with Gasteiger partial charge in [0.25, 0.3) is 0 Å². The molecule has 0 aliphatic carbocycles. The van der Waals surface area contributed by atoms with Gasteiger partial charge in [0.05, 0.1) is 18.3 Å². The third-order valence-corrected chi connectivity index (χ3v) is 5.18. The summed E-state index contributed by atoms with van der Waals surface area (Å²) in [6.45, 7) is 5.73. The van der Waals surface area contributed by atoms with Gasteiger partial charge in [-0.25, -0.2) is 4.98 Å². The summed E-state index contributed by atoms with van der Waals surface area (Å²) >= 11 is 1.60. The Morgan fingerprint density at radius 3 is 3.00 bits per heavy atom. The number of likely N-dealkylation sites (tertiary alicyclic amines) is 1. The highest BCUT2D eigenvalue weighted by Gasteiger charge is 2.28. The third kappa shape index (κ3) is 4.08. The van der Waals surface area contributed by atoms with Crippen LogP contribution in [-0.2, 0) is 17.6 Å². The van der Waals surface area contributed by atoms with E-state index < -0.39 is 0 Å². The van der Waals surface area contributed by atoms with Gasteiger partial charge in [-0.15, -0.1) is 17.8 Å². The number of thiazole rings is 1. The minimum atomic E-state index is -0.117. The highest BCUT2D eigenvalue weighted by Crippen LogP contribution is 2.26. The zero-order valence-electron chi connectivity index (χ0n) is 13.5. The first-order valence-corrected chi connectivity index (χ1v) is 8.98. The van der Waals surface area contributed by atoms with E-state index in [2.05, 4.69) is 35.0 Å². The first kappa shape index (κ1) is 17.0. The Kier molecular flexibility index (Phi) is 6.41. The lowest BCUT2D eigenvalue weighted by atomic mass is 10.0. The van der Waals surface area contributed by atoms with E-state index in [0.29, 0.717) is 6.54 Å². The van der Waals surface area contributed by atoms with Crippen molar-refractivity contribution in [3.05, 3.63) is 10.6 Å². The van der Waals surface area contributed by atoms with Gasteiger partial charge < -0.3 is 5.32 Å². The molecule has 1 unspecified atom stereocenters. The smallest absolute Gasteiger partial charge is 0.243 e. The molecule has 22 heavy (non-hydrogen) atoms. The molecule has 1 aromatic rings. The number of aryl methyl sites for hydroxylation is 2. The SMILES string of the molecule is C#CCN1CCCCC1C(=O)Nc1nc(CCC)c(CC)s1. The first-order chi connectivity index (χ1) is 10.7. The summed E-state index contributed by atoms with van der Waals surface area (Å²) in [7, 11) is 0. The third-order valence-electron chi connectivity index (χ3n) is 4.03. The topological polar surface area (TPSA) is 45.2 Å². The van der Waals surface area contributed by atoms with Gasteiger partial charge in [0, 0.05) is 4.88 Å². The molecule has 4 nitrogen and oxygen atoms in total. The molecule has 1 N–H and O–H groups in total. The van der Waals surface area contributed by atoms with E-state index in [0.717, 1.165) is 55.9 Å². The largest absolute Gasteiger partial charge is 0.301 e. The van der Waals surface area contributed by atoms with Crippen molar-refractivity contribution in [3.63, 3.8) is 0 Å². The van der Waals surface area contributed by atoms with E-state index in [1.165, 1.54) is 4.88 Å². The van der Waals surface area contributed by atoms with Crippen molar-refractivity contribution >= 4 is 22.4 Å². The van der Waals surface area contributed by atoms with E-state index in [1.807, 2.05) is 0 Å². The maximum Gasteiger partial charge on any atom is 0.243 e. The number of amides is 1. The van der Waals surface area contributed by atoms with Crippen molar-refractivity contribution in [2.75, 3.05) is 18.4 Å². The van der Waals surface area contributed by atoms with Crippen LogP contribution < -0.4 is 5.32 Å². The fourth-order valence-electron chi connectivity index (χ4n) is 2.93. The Morgan fingerprint density at radius 1 is 1.50 bits per heavy atom. The fraction of sp³-hybridized carbons (Fsp3) is 0.647. The van der Waals surface area contributed by atoms with Crippen LogP contribution in [0.2, 0.25) is 0 Å². The highest BCUT2D eigenvalue weighted by molar-refractivity contribution is 7.15. The molecule has 0 bridgehead atoms. The van der Waals surface area contributed by atoms with Crippen LogP contribution in [-0.4, -0.2) is 34.9 Å². The summed E-state index contributed by atoms with van der Waals surface area (Å²) in [6, 6.07) is -0.117. The summed E-state index contributed by atoms with van der Waals surface area (Å²) in [5.41, 5.74) is 1.13. The predicted molar refractivity (Wildman–Crippen MR) is 92.2 cm³/mol. The molecule has 0 spiro atoms. The van der Waals surface area contributed by atoms with E-state index >= 15 is 0 Å². The van der Waals surface area contributed by atoms with Crippen LogP contribution in [0.5, 0.6) is 0 Å². The lowest BCUT2D eigenvalue weighted by molar-refractivity contribution is -0.122. The van der Waals surface area contributed by atoms with Crippen LogP contribution >= 0.6 is 11.3 Å². The normalized spacial score (nSPS) is 18.9. The summed E-state index contributed by atoms with van der Waals surface area (Å²) in [5, 5.41) is 3.74. The molecule has 1 fully saturated rings. The number of nitrogens with zero attached hydrogens (tertiary/aromatic N) is 2. The molecular formula is C17H25N3OS. The standard InChI is InChI=1S/C17H25N3OS/c1-4-9-13-15(6-3)22-17(18-13)19-16(21)14-10-7-8-12-20(14)11-5-2/h2,14H,4,6-12H2,1,3H3,(H,18,19,21). The number of terminal acetylenes is 1. The Balaban J connectivity index is 2.05. The number of anilines is 1. The molecule has 0 saturated carbocycles. The minimum Gasteiger partial charge on any atom is -0.301 e. The van der Waals surface area contributed by atoms with Crippen LogP contribution in [0.4, 0.5) is 5.13 Å². The zero-order chi connectivity index (χ0) is 15.9. The molecule has 5 heteroatoms. The number of piperidine rings is 1. The number of aromatic nitrogens is 1. The quantitative estimate of drug-likeness (QED) is 0.820. The summed E-state index contributed by atoms with van der Waals surface area (Å²) < 4.78 is 0. The number of carbonyl (C=O) groups excluding carboxylic acids is 1. The first-order valence-electron chi connectivity index (χ1n) is 8.16. The van der Waals surface area contributed by atoms with Crippen molar-refractivity contribution in [3.8, 4) is 12.3 Å². The van der Waals surface area contributed by atoms with Crippen molar-refractivity contribution < 1.29 is 4.79 Å². The van der Waals surface area contributed by atoms with Gasteiger partial charge in [-0.1, -0.05) is 32.6 Å². The molecule has 0 aromatic carbocycles. The van der Waals surface area contributed by atoms with E-state index in [4.69, 9.17) is 6.42 Å². The highest BCUT2D eigenvalue weighted by atomic mass is 32.1. The maximum atomic E-state index is 12.6. The fourth-order valence-corrected chi connectivity index (χ4v) is 3.88. The van der Waals surface area contributed by atoms with Gasteiger partial charge in [0.1, 0.15) is 0 Å². The zero-order valence-corrected chi connectivity index (χ0v) is 14.3. The van der Waals surface area contributed by atoms with Gasteiger partial charge in [0.2, 0.25) is 5.91 Å². The van der Waals surface area contributed by atoms with E-state index in [9.17, 15) is 4.79 Å². The van der Waals surface area contributed by atoms with Gasteiger partial charge in [-0.05, 0) is 32.2 Å². The Labute approximate surface area is 137 Å².